The Morgan fingerprint density at radius 1 is 0.800 bits per heavy atom. The van der Waals surface area contributed by atoms with Crippen LogP contribution in [-0.2, 0) is 26.2 Å². The second kappa shape index (κ2) is 14.8. The van der Waals surface area contributed by atoms with E-state index in [-0.39, 0.29) is 26.2 Å². The van der Waals surface area contributed by atoms with Gasteiger partial charge in [-0.15, -0.1) is 8.07 Å². The van der Waals surface area contributed by atoms with Gasteiger partial charge < -0.3 is 12.6 Å². The van der Waals surface area contributed by atoms with Crippen LogP contribution in [0.25, 0.3) is 0 Å². The molecule has 114 valence electrons. The molecule has 0 nitrogen and oxygen atoms in total. The topological polar surface area (TPSA) is 0 Å². The largest absolute Gasteiger partial charge is 4.00 e. The van der Waals surface area contributed by atoms with Crippen molar-refractivity contribution >= 4 is 8.07 Å². The minimum Gasteiger partial charge on any atom is -0.501 e. The van der Waals surface area contributed by atoms with Crippen molar-refractivity contribution in [3.63, 3.8) is 0 Å². The van der Waals surface area contributed by atoms with Crippen molar-refractivity contribution in [3.05, 3.63) is 18.2 Å². The van der Waals surface area contributed by atoms with Gasteiger partial charge >= 0.3 is 26.2 Å². The van der Waals surface area contributed by atoms with Gasteiger partial charge in [0.05, 0.1) is 0 Å². The van der Waals surface area contributed by atoms with Gasteiger partial charge in [0.15, 0.2) is 0 Å². The van der Waals surface area contributed by atoms with E-state index in [0.29, 0.717) is 0 Å². The molecule has 0 N–H and O–H groups in total. The van der Waals surface area contributed by atoms with E-state index in [4.69, 9.17) is 0 Å². The first kappa shape index (κ1) is 23.1. The minimum absolute atomic E-state index is 0. The Kier molecular flexibility index (Phi) is 17.1. The molecule has 0 amide bonds. The van der Waals surface area contributed by atoms with Crippen molar-refractivity contribution in [3.8, 4) is 0 Å². The molecule has 20 heavy (non-hydrogen) atoms. The zero-order valence-corrected chi connectivity index (χ0v) is 17.9. The van der Waals surface area contributed by atoms with Gasteiger partial charge in [-0.05, 0) is 0 Å². The van der Waals surface area contributed by atoms with Gasteiger partial charge in [-0.3, -0.25) is 5.57 Å². The molecule has 2 fully saturated rings. The van der Waals surface area contributed by atoms with Gasteiger partial charge in [0.25, 0.3) is 0 Å². The maximum Gasteiger partial charge on any atom is 4.00 e. The quantitative estimate of drug-likeness (QED) is 0.372. The van der Waals surface area contributed by atoms with Crippen molar-refractivity contribution < 1.29 is 26.2 Å². The average Bonchev–Trinajstić information content (AvgIpc) is 3.05. The first-order valence-electron chi connectivity index (χ1n) is 8.35. The Morgan fingerprint density at radius 2 is 1.05 bits per heavy atom. The SMILES string of the molecule is C1CCCC1.C1CCCC1.[CH2-]CC(C)=[C-][Si](C)(C)C.[Zr+4]. The molecule has 0 radical (unpaired) electrons. The minimum atomic E-state index is -1.07. The molecule has 0 saturated heterocycles. The van der Waals surface area contributed by atoms with Crippen LogP contribution in [0.1, 0.15) is 77.6 Å². The van der Waals surface area contributed by atoms with Gasteiger partial charge in [-0.2, -0.15) is 6.42 Å². The summed E-state index contributed by atoms with van der Waals surface area (Å²) in [7, 11) is -1.07. The third kappa shape index (κ3) is 18.8. The average molecular weight is 372 g/mol. The molecule has 2 aliphatic carbocycles. The summed E-state index contributed by atoms with van der Waals surface area (Å²) in [5, 5.41) is 0. The molecule has 0 aromatic rings. The molecule has 2 aliphatic rings. The van der Waals surface area contributed by atoms with Crippen molar-refractivity contribution in [2.45, 2.75) is 97.2 Å². The maximum absolute atomic E-state index is 3.79. The Bertz CT molecular complexity index is 195. The van der Waals surface area contributed by atoms with Crippen LogP contribution >= 0.6 is 0 Å². The Hall–Kier alpha value is 0.840. The summed E-state index contributed by atoms with van der Waals surface area (Å²) in [6.07, 6.45) is 15.9. The van der Waals surface area contributed by atoms with E-state index >= 15 is 0 Å². The van der Waals surface area contributed by atoms with Gasteiger partial charge in [0, 0.05) is 0 Å². The smallest absolute Gasteiger partial charge is 0.501 e. The fourth-order valence-corrected chi connectivity index (χ4v) is 3.88. The van der Waals surface area contributed by atoms with Crippen LogP contribution in [-0.4, -0.2) is 8.07 Å². The van der Waals surface area contributed by atoms with Gasteiger partial charge in [-0.25, -0.2) is 0 Å². The van der Waals surface area contributed by atoms with Crippen LogP contribution in [0.3, 0.4) is 0 Å². The fourth-order valence-electron chi connectivity index (χ4n) is 2.47. The van der Waals surface area contributed by atoms with E-state index in [2.05, 4.69) is 39.2 Å². The molecule has 2 rings (SSSR count). The van der Waals surface area contributed by atoms with E-state index < -0.39 is 8.07 Å². The number of hydrogen-bond acceptors (Lipinski definition) is 0. The molecule has 0 aliphatic heterocycles. The van der Waals surface area contributed by atoms with E-state index in [1.807, 2.05) is 0 Å². The molecule has 0 spiro atoms. The molecular weight excluding hydrogens is 336 g/mol. The number of hydrogen-bond donors (Lipinski definition) is 0. The van der Waals surface area contributed by atoms with E-state index in [1.165, 1.54) is 69.8 Å². The van der Waals surface area contributed by atoms with Crippen LogP contribution in [0.15, 0.2) is 5.57 Å². The summed E-state index contributed by atoms with van der Waals surface area (Å²) in [5.41, 5.74) is 4.78. The van der Waals surface area contributed by atoms with Crippen molar-refractivity contribution in [2.75, 3.05) is 0 Å². The zero-order chi connectivity index (χ0) is 14.6. The van der Waals surface area contributed by atoms with Crippen molar-refractivity contribution in [2.24, 2.45) is 0 Å². The second-order valence-corrected chi connectivity index (χ2v) is 11.7. The first-order valence-corrected chi connectivity index (χ1v) is 11.9. The summed E-state index contributed by atoms with van der Waals surface area (Å²) in [6.45, 7) is 12.7. The van der Waals surface area contributed by atoms with Gasteiger partial charge in [0.1, 0.15) is 0 Å². The Balaban J connectivity index is 0. The molecule has 0 unspecified atom stereocenters. The molecule has 2 saturated carbocycles. The van der Waals surface area contributed by atoms with Crippen LogP contribution in [0, 0.1) is 12.6 Å². The van der Waals surface area contributed by atoms with Crippen molar-refractivity contribution in [1.29, 1.82) is 0 Å². The van der Waals surface area contributed by atoms with Crippen LogP contribution in [0.5, 0.6) is 0 Å². The summed E-state index contributed by atoms with van der Waals surface area (Å²) in [6, 6.07) is 0. The fraction of sp³-hybridized carbons (Fsp3) is 0.833. The Morgan fingerprint density at radius 3 is 1.15 bits per heavy atom. The monoisotopic (exact) mass is 370 g/mol. The molecule has 0 heterocycles. The predicted molar refractivity (Wildman–Crippen MR) is 91.9 cm³/mol. The van der Waals surface area contributed by atoms with Gasteiger partial charge in [-0.1, -0.05) is 90.8 Å². The molecule has 0 aromatic heterocycles. The first-order chi connectivity index (χ1) is 8.95. The molecule has 2 heteroatoms. The molecular formula is C18H36SiZr+2. The Labute approximate surface area is 149 Å². The molecule has 0 atom stereocenters. The summed E-state index contributed by atoms with van der Waals surface area (Å²) >= 11 is 0. The normalized spacial score (nSPS) is 18.4. The summed E-state index contributed by atoms with van der Waals surface area (Å²) in [4.78, 5) is 0. The zero-order valence-electron chi connectivity index (χ0n) is 14.5. The summed E-state index contributed by atoms with van der Waals surface area (Å²) < 4.78 is 0. The summed E-state index contributed by atoms with van der Waals surface area (Å²) in [5.74, 6) is 0. The molecule has 0 aromatic carbocycles. The third-order valence-electron chi connectivity index (χ3n) is 3.46. The third-order valence-corrected chi connectivity index (χ3v) is 4.64. The standard InChI is InChI=1S/C8H16Si.2C5H10.Zr/c1-6-8(2)7-9(3,4)5;2*1-2-4-5-3-1;/h1,6H2,2-5H3;2*1-5H2;/q-2;;;+4. The van der Waals surface area contributed by atoms with Crippen LogP contribution in [0.4, 0.5) is 0 Å². The van der Waals surface area contributed by atoms with Gasteiger partial charge in [0.2, 0.25) is 0 Å². The molecule has 0 bridgehead atoms. The van der Waals surface area contributed by atoms with Crippen LogP contribution in [0.2, 0.25) is 19.6 Å². The number of allylic oxidation sites excluding steroid dienone is 1. The van der Waals surface area contributed by atoms with E-state index in [0.717, 1.165) is 6.42 Å². The predicted octanol–water partition coefficient (Wildman–Crippen LogP) is 6.74. The van der Waals surface area contributed by atoms with Crippen molar-refractivity contribution in [1.82, 2.24) is 0 Å². The number of rotatable bonds is 2. The second-order valence-electron chi connectivity index (χ2n) is 6.94. The van der Waals surface area contributed by atoms with E-state index in [9.17, 15) is 0 Å². The maximum atomic E-state index is 3.79. The van der Waals surface area contributed by atoms with Crippen LogP contribution < -0.4 is 0 Å². The van der Waals surface area contributed by atoms with E-state index in [1.54, 1.807) is 0 Å².